The first kappa shape index (κ1) is 32.5. The number of fused-ring (bicyclic) bond motifs is 3. The molecule has 3 aliphatic rings. The number of nitrogens with two attached hydrogens (primary N) is 1. The number of hydrogen-bond acceptors (Lipinski definition) is 10. The number of Topliss-reactive ketones (excluding diaryl/α,β-unsaturated/α-hetero) is 2. The molecule has 4 atom stereocenters. The molecule has 0 aromatic heterocycles. The van der Waals surface area contributed by atoms with Crippen LogP contribution >= 0.6 is 0 Å². The number of ketones is 2. The Balaban J connectivity index is 1.90. The normalized spacial score (nSPS) is 25.3. The Morgan fingerprint density at radius 1 is 1.05 bits per heavy atom. The largest absolute Gasteiger partial charge is 0.508 e. The van der Waals surface area contributed by atoms with Gasteiger partial charge >= 0.3 is 0 Å². The van der Waals surface area contributed by atoms with Gasteiger partial charge in [-0.2, -0.15) is 0 Å². The van der Waals surface area contributed by atoms with E-state index in [2.05, 4.69) is 18.7 Å². The van der Waals surface area contributed by atoms with Crippen molar-refractivity contribution in [1.82, 2.24) is 9.80 Å². The lowest BCUT2D eigenvalue weighted by Crippen LogP contribution is -2.65. The Kier molecular flexibility index (Phi) is 9.30. The predicted octanol–water partition coefficient (Wildman–Crippen LogP) is 2.43. The van der Waals surface area contributed by atoms with Crippen LogP contribution in [0.5, 0.6) is 5.75 Å². The highest BCUT2D eigenvalue weighted by atomic mass is 16.3. The van der Waals surface area contributed by atoms with E-state index < -0.39 is 58.0 Å². The fourth-order valence-corrected chi connectivity index (χ4v) is 7.14. The third-order valence-electron chi connectivity index (χ3n) is 9.31. The average molecular weight is 599 g/mol. The zero-order valence-electron chi connectivity index (χ0n) is 26.1. The fraction of sp³-hybridized carbons (Fsp3) is 0.594. The number of aromatic hydroxyl groups is 1. The lowest BCUT2D eigenvalue weighted by molar-refractivity contribution is -0.153. The van der Waals surface area contributed by atoms with Gasteiger partial charge in [0.2, 0.25) is 5.78 Å². The number of amides is 1. The number of aliphatic hydroxyl groups is 3. The van der Waals surface area contributed by atoms with E-state index in [0.717, 1.165) is 44.5 Å². The number of primary amides is 1. The number of rotatable bonds is 11. The van der Waals surface area contributed by atoms with E-state index in [1.807, 2.05) is 25.1 Å². The van der Waals surface area contributed by atoms with Crippen molar-refractivity contribution in [2.24, 2.45) is 17.6 Å². The summed E-state index contributed by atoms with van der Waals surface area (Å²) in [7, 11) is 6.92. The van der Waals surface area contributed by atoms with Crippen LogP contribution in [0.15, 0.2) is 23.0 Å². The van der Waals surface area contributed by atoms with E-state index in [1.54, 1.807) is 14.1 Å². The zero-order valence-corrected chi connectivity index (χ0v) is 26.1. The highest BCUT2D eigenvalue weighted by molar-refractivity contribution is 6.24. The average Bonchev–Trinajstić information content (AvgIpc) is 2.92. The summed E-state index contributed by atoms with van der Waals surface area (Å²) in [4.78, 5) is 45.4. The van der Waals surface area contributed by atoms with Gasteiger partial charge in [-0.15, -0.1) is 0 Å². The van der Waals surface area contributed by atoms with Crippen LogP contribution in [0.1, 0.15) is 62.6 Å². The number of carbonyl (C=O) groups excluding carboxylic acids is 3. The molecular weight excluding hydrogens is 552 g/mol. The summed E-state index contributed by atoms with van der Waals surface area (Å²) in [5.74, 6) is -6.42. The first-order chi connectivity index (χ1) is 20.2. The molecule has 0 aliphatic heterocycles. The van der Waals surface area contributed by atoms with E-state index >= 15 is 0 Å². The number of phenolic OH excluding ortho intramolecular Hbond substituents is 1. The number of anilines is 1. The van der Waals surface area contributed by atoms with Crippen LogP contribution in [-0.4, -0.2) is 101 Å². The number of benzene rings is 1. The molecule has 0 radical (unpaired) electrons. The van der Waals surface area contributed by atoms with Crippen molar-refractivity contribution in [1.29, 1.82) is 0 Å². The molecule has 1 fully saturated rings. The summed E-state index contributed by atoms with van der Waals surface area (Å²) in [5, 5.41) is 46.3. The topological polar surface area (TPSA) is 168 Å². The van der Waals surface area contributed by atoms with Crippen molar-refractivity contribution in [2.75, 3.05) is 46.2 Å². The van der Waals surface area contributed by atoms with Crippen molar-refractivity contribution in [2.45, 2.75) is 70.6 Å². The van der Waals surface area contributed by atoms with Gasteiger partial charge in [-0.25, -0.2) is 0 Å². The standard InChI is InChI=1S/C32H46N4O7/c1-7-9-11-36(12-10-8-2)16-18-15-21(34(3)4)19-13-17-14-20-25(35(5)6)28(39)24(31(33)42)30(41)32(20,43)29(40)22(17)27(38)23(19)26(18)37/h15,17,20,25,37-38,41,43H,7-14,16H2,1-6H3,(H2,33,42)/t17-,20-,25?,32-/m0/s1. The number of unbranched alkanes of at least 4 members (excludes halogenated alkanes) is 2. The van der Waals surface area contributed by atoms with Crippen LogP contribution in [-0.2, 0) is 27.3 Å². The first-order valence-electron chi connectivity index (χ1n) is 15.1. The molecule has 1 aromatic rings. The van der Waals surface area contributed by atoms with Crippen LogP contribution in [0.3, 0.4) is 0 Å². The quantitative estimate of drug-likeness (QED) is 0.239. The van der Waals surface area contributed by atoms with Crippen LogP contribution in [0, 0.1) is 11.8 Å². The molecular formula is C32H46N4O7. The molecule has 0 saturated heterocycles. The molecule has 1 aromatic carbocycles. The second-order valence-electron chi connectivity index (χ2n) is 12.6. The molecule has 4 rings (SSSR count). The minimum Gasteiger partial charge on any atom is -0.508 e. The van der Waals surface area contributed by atoms with Crippen molar-refractivity contribution < 1.29 is 34.8 Å². The van der Waals surface area contributed by atoms with Gasteiger partial charge in [0, 0.05) is 43.4 Å². The molecule has 0 heterocycles. The van der Waals surface area contributed by atoms with Crippen LogP contribution < -0.4 is 10.6 Å². The Bertz CT molecular complexity index is 1370. The lowest BCUT2D eigenvalue weighted by Gasteiger charge is -2.50. The van der Waals surface area contributed by atoms with E-state index in [0.29, 0.717) is 17.7 Å². The Morgan fingerprint density at radius 3 is 2.16 bits per heavy atom. The summed E-state index contributed by atoms with van der Waals surface area (Å²) in [6.45, 7) is 6.41. The number of likely N-dealkylation sites (N-methyl/N-ethyl adjacent to an activating group) is 1. The number of nitrogens with zero attached hydrogens (tertiary/aromatic N) is 3. The van der Waals surface area contributed by atoms with Crippen molar-refractivity contribution in [3.05, 3.63) is 39.7 Å². The predicted molar refractivity (Wildman–Crippen MR) is 164 cm³/mol. The van der Waals surface area contributed by atoms with Crippen LogP contribution in [0.2, 0.25) is 0 Å². The van der Waals surface area contributed by atoms with E-state index in [1.165, 1.54) is 4.90 Å². The molecule has 11 nitrogen and oxygen atoms in total. The third-order valence-corrected chi connectivity index (χ3v) is 9.31. The van der Waals surface area contributed by atoms with Gasteiger partial charge in [0.05, 0.1) is 11.6 Å². The SMILES string of the molecule is CCCCN(CCCC)Cc1cc(N(C)C)c2c(c1O)C(O)=C1C(=O)[C@]3(O)C(O)=C(C(N)=O)C(=O)C(N(C)C)[C@@H]3C[C@@H]1C2. The Morgan fingerprint density at radius 2 is 1.65 bits per heavy atom. The number of carbonyl (C=O) groups is 3. The summed E-state index contributed by atoms with van der Waals surface area (Å²) >= 11 is 0. The van der Waals surface area contributed by atoms with E-state index in [9.17, 15) is 34.8 Å². The molecule has 0 bridgehead atoms. The lowest BCUT2D eigenvalue weighted by atomic mass is 9.57. The Hall–Kier alpha value is -3.41. The van der Waals surface area contributed by atoms with Gasteiger partial charge in [0.25, 0.3) is 5.91 Å². The summed E-state index contributed by atoms with van der Waals surface area (Å²) in [6, 6.07) is 0.817. The number of hydrogen-bond donors (Lipinski definition) is 5. The fourth-order valence-electron chi connectivity index (χ4n) is 7.14. The monoisotopic (exact) mass is 598 g/mol. The molecule has 0 spiro atoms. The highest BCUT2D eigenvalue weighted by Crippen LogP contribution is 2.54. The summed E-state index contributed by atoms with van der Waals surface area (Å²) in [5.41, 5.74) is 3.99. The van der Waals surface area contributed by atoms with Gasteiger partial charge in [-0.1, -0.05) is 26.7 Å². The molecule has 1 amide bonds. The number of aliphatic hydroxyl groups excluding tert-OH is 2. The second-order valence-corrected chi connectivity index (χ2v) is 12.6. The highest BCUT2D eigenvalue weighted by Gasteiger charge is 2.64. The van der Waals surface area contributed by atoms with Crippen molar-refractivity contribution in [3.63, 3.8) is 0 Å². The van der Waals surface area contributed by atoms with Crippen molar-refractivity contribution in [3.8, 4) is 5.75 Å². The van der Waals surface area contributed by atoms with E-state index in [-0.39, 0.29) is 29.7 Å². The minimum absolute atomic E-state index is 0.0585. The summed E-state index contributed by atoms with van der Waals surface area (Å²) < 4.78 is 0. The van der Waals surface area contributed by atoms with Crippen LogP contribution in [0.4, 0.5) is 5.69 Å². The first-order valence-corrected chi connectivity index (χ1v) is 15.1. The maximum Gasteiger partial charge on any atom is 0.255 e. The van der Waals surface area contributed by atoms with Gasteiger partial charge < -0.3 is 31.1 Å². The maximum atomic E-state index is 14.2. The van der Waals surface area contributed by atoms with Crippen LogP contribution in [0.25, 0.3) is 5.76 Å². The molecule has 236 valence electrons. The molecule has 6 N–H and O–H groups in total. The molecule has 3 aliphatic carbocycles. The van der Waals surface area contributed by atoms with Gasteiger partial charge in [0.1, 0.15) is 22.8 Å². The van der Waals surface area contributed by atoms with Gasteiger partial charge in [-0.05, 0) is 70.4 Å². The maximum absolute atomic E-state index is 14.2. The third kappa shape index (κ3) is 5.32. The van der Waals surface area contributed by atoms with Crippen molar-refractivity contribution >= 4 is 28.9 Å². The summed E-state index contributed by atoms with van der Waals surface area (Å²) in [6.07, 6.45) is 4.38. The zero-order chi connectivity index (χ0) is 32.0. The smallest absolute Gasteiger partial charge is 0.255 e. The molecule has 43 heavy (non-hydrogen) atoms. The molecule has 1 unspecified atom stereocenters. The van der Waals surface area contributed by atoms with Gasteiger partial charge in [0.15, 0.2) is 11.4 Å². The second kappa shape index (κ2) is 12.3. The van der Waals surface area contributed by atoms with E-state index in [4.69, 9.17) is 5.73 Å². The molecule has 1 saturated carbocycles. The van der Waals surface area contributed by atoms with Gasteiger partial charge in [-0.3, -0.25) is 24.2 Å². The minimum atomic E-state index is -2.65. The Labute approximate surface area is 253 Å². The number of phenols is 1. The molecule has 11 heteroatoms.